The fourth-order valence-electron chi connectivity index (χ4n) is 4.17. The number of sulfonamides is 1. The number of benzene rings is 3. The summed E-state index contributed by atoms with van der Waals surface area (Å²) < 4.78 is 32.1. The van der Waals surface area contributed by atoms with E-state index in [4.69, 9.17) is 16.3 Å². The standard InChI is InChI=1S/C30H36ClN3O5S/c1-22(2)19-32-30(36)28(17-23-11-6-5-7-12-23)33(20-24-13-8-9-16-27(24)31)29(35)21-34(40(4,37)38)25-14-10-15-26(18-25)39-3/h5-16,18,22,28H,17,19-21H2,1-4H3,(H,32,36). The number of nitrogens with zero attached hydrogens (tertiary/aromatic N) is 2. The minimum absolute atomic E-state index is 0.0147. The first-order valence-electron chi connectivity index (χ1n) is 13.0. The molecule has 8 nitrogen and oxygen atoms in total. The van der Waals surface area contributed by atoms with Gasteiger partial charge in [-0.05, 0) is 35.2 Å². The van der Waals surface area contributed by atoms with Gasteiger partial charge in [0, 0.05) is 30.6 Å². The summed E-state index contributed by atoms with van der Waals surface area (Å²) in [6.45, 7) is 3.89. The van der Waals surface area contributed by atoms with Crippen LogP contribution in [0.2, 0.25) is 5.02 Å². The molecular weight excluding hydrogens is 550 g/mol. The molecule has 214 valence electrons. The van der Waals surface area contributed by atoms with Gasteiger partial charge in [0.1, 0.15) is 18.3 Å². The topological polar surface area (TPSA) is 96.0 Å². The van der Waals surface area contributed by atoms with Crippen LogP contribution in [-0.4, -0.2) is 57.6 Å². The molecule has 3 aromatic carbocycles. The van der Waals surface area contributed by atoms with Crippen molar-refractivity contribution in [2.45, 2.75) is 32.9 Å². The van der Waals surface area contributed by atoms with E-state index in [0.717, 1.165) is 16.1 Å². The third-order valence-electron chi connectivity index (χ3n) is 6.27. The molecule has 0 spiro atoms. The molecule has 0 saturated heterocycles. The van der Waals surface area contributed by atoms with Crippen LogP contribution in [0.25, 0.3) is 0 Å². The zero-order valence-electron chi connectivity index (χ0n) is 23.2. The molecule has 0 radical (unpaired) electrons. The van der Waals surface area contributed by atoms with E-state index < -0.39 is 28.5 Å². The molecule has 2 amide bonds. The number of methoxy groups -OCH3 is 1. The number of halogens is 1. The van der Waals surface area contributed by atoms with Gasteiger partial charge in [0.25, 0.3) is 0 Å². The molecule has 0 aliphatic carbocycles. The second-order valence-corrected chi connectivity index (χ2v) is 12.2. The predicted molar refractivity (Wildman–Crippen MR) is 159 cm³/mol. The van der Waals surface area contributed by atoms with Crippen molar-refractivity contribution >= 4 is 39.1 Å². The van der Waals surface area contributed by atoms with Gasteiger partial charge in [-0.15, -0.1) is 0 Å². The van der Waals surface area contributed by atoms with Crippen molar-refractivity contribution < 1.29 is 22.7 Å². The first kappa shape index (κ1) is 31.0. The fourth-order valence-corrected chi connectivity index (χ4v) is 5.20. The highest BCUT2D eigenvalue weighted by atomic mass is 35.5. The van der Waals surface area contributed by atoms with Gasteiger partial charge in [0.2, 0.25) is 21.8 Å². The Labute approximate surface area is 241 Å². The summed E-state index contributed by atoms with van der Waals surface area (Å²) in [5.41, 5.74) is 1.77. The number of anilines is 1. The molecule has 0 heterocycles. The average molecular weight is 586 g/mol. The number of rotatable bonds is 13. The lowest BCUT2D eigenvalue weighted by molar-refractivity contribution is -0.140. The van der Waals surface area contributed by atoms with E-state index in [-0.39, 0.29) is 30.5 Å². The Morgan fingerprint density at radius 3 is 2.27 bits per heavy atom. The number of hydrogen-bond donors (Lipinski definition) is 1. The van der Waals surface area contributed by atoms with E-state index in [1.807, 2.05) is 44.2 Å². The van der Waals surface area contributed by atoms with Crippen LogP contribution >= 0.6 is 11.6 Å². The summed E-state index contributed by atoms with van der Waals surface area (Å²) >= 11 is 6.47. The maximum atomic E-state index is 14.1. The Bertz CT molecular complexity index is 1400. The number of ether oxygens (including phenoxy) is 1. The Hall–Kier alpha value is -3.56. The fraction of sp³-hybridized carbons (Fsp3) is 0.333. The Balaban J connectivity index is 2.06. The highest BCUT2D eigenvalue weighted by Crippen LogP contribution is 2.25. The SMILES string of the molecule is COc1cccc(N(CC(=O)N(Cc2ccccc2Cl)C(Cc2ccccc2)C(=O)NCC(C)C)S(C)(=O)=O)c1. The first-order valence-corrected chi connectivity index (χ1v) is 15.2. The zero-order chi connectivity index (χ0) is 29.3. The molecular formula is C30H36ClN3O5S. The van der Waals surface area contributed by atoms with Gasteiger partial charge in [0.05, 0.1) is 19.1 Å². The number of amides is 2. The molecule has 1 atom stereocenters. The van der Waals surface area contributed by atoms with Crippen molar-refractivity contribution in [3.63, 3.8) is 0 Å². The van der Waals surface area contributed by atoms with E-state index in [9.17, 15) is 18.0 Å². The largest absolute Gasteiger partial charge is 0.497 e. The second-order valence-electron chi connectivity index (χ2n) is 9.93. The molecule has 1 N–H and O–H groups in total. The minimum atomic E-state index is -3.88. The van der Waals surface area contributed by atoms with Crippen molar-refractivity contribution in [3.05, 3.63) is 95.0 Å². The summed E-state index contributed by atoms with van der Waals surface area (Å²) in [5, 5.41) is 3.39. The van der Waals surface area contributed by atoms with Crippen LogP contribution < -0.4 is 14.4 Å². The lowest BCUT2D eigenvalue weighted by Gasteiger charge is -2.34. The molecule has 0 aromatic heterocycles. The predicted octanol–water partition coefficient (Wildman–Crippen LogP) is 4.53. The van der Waals surface area contributed by atoms with Gasteiger partial charge in [-0.2, -0.15) is 0 Å². The van der Waals surface area contributed by atoms with Crippen molar-refractivity contribution in [3.8, 4) is 5.75 Å². The first-order chi connectivity index (χ1) is 19.0. The van der Waals surface area contributed by atoms with E-state index in [2.05, 4.69) is 5.32 Å². The molecule has 3 aromatic rings. The summed E-state index contributed by atoms with van der Waals surface area (Å²) in [4.78, 5) is 29.1. The highest BCUT2D eigenvalue weighted by molar-refractivity contribution is 7.92. The molecule has 40 heavy (non-hydrogen) atoms. The van der Waals surface area contributed by atoms with Gasteiger partial charge >= 0.3 is 0 Å². The van der Waals surface area contributed by atoms with Crippen LogP contribution in [0, 0.1) is 5.92 Å². The molecule has 3 rings (SSSR count). The van der Waals surface area contributed by atoms with Crippen molar-refractivity contribution in [1.82, 2.24) is 10.2 Å². The van der Waals surface area contributed by atoms with Gasteiger partial charge in [0.15, 0.2) is 0 Å². The Kier molecular flexibility index (Phi) is 11.0. The Morgan fingerprint density at radius 2 is 1.65 bits per heavy atom. The van der Waals surface area contributed by atoms with Crippen LogP contribution in [0.4, 0.5) is 5.69 Å². The van der Waals surface area contributed by atoms with Crippen LogP contribution in [0.3, 0.4) is 0 Å². The summed E-state index contributed by atoms with van der Waals surface area (Å²) in [7, 11) is -2.40. The molecule has 0 saturated carbocycles. The van der Waals surface area contributed by atoms with Gasteiger partial charge in [-0.3, -0.25) is 13.9 Å². The number of hydrogen-bond acceptors (Lipinski definition) is 5. The smallest absolute Gasteiger partial charge is 0.244 e. The minimum Gasteiger partial charge on any atom is -0.497 e. The number of carbonyl (C=O) groups is 2. The molecule has 0 aliphatic heterocycles. The van der Waals surface area contributed by atoms with E-state index >= 15 is 0 Å². The lowest BCUT2D eigenvalue weighted by atomic mass is 10.0. The summed E-state index contributed by atoms with van der Waals surface area (Å²) in [6.07, 6.45) is 1.27. The van der Waals surface area contributed by atoms with Gasteiger partial charge in [-0.1, -0.05) is 80.0 Å². The Morgan fingerprint density at radius 1 is 0.975 bits per heavy atom. The second kappa shape index (κ2) is 14.2. The summed E-state index contributed by atoms with van der Waals surface area (Å²) in [5.74, 6) is -0.233. The summed E-state index contributed by atoms with van der Waals surface area (Å²) in [6, 6.07) is 22.0. The van der Waals surface area contributed by atoms with Gasteiger partial charge in [-0.25, -0.2) is 8.42 Å². The van der Waals surface area contributed by atoms with Crippen LogP contribution in [0.5, 0.6) is 5.75 Å². The third-order valence-corrected chi connectivity index (χ3v) is 7.78. The van der Waals surface area contributed by atoms with E-state index in [1.165, 1.54) is 12.0 Å². The average Bonchev–Trinajstić information content (AvgIpc) is 2.93. The van der Waals surface area contributed by atoms with Crippen LogP contribution in [0.1, 0.15) is 25.0 Å². The lowest BCUT2D eigenvalue weighted by Crippen LogP contribution is -2.53. The van der Waals surface area contributed by atoms with Crippen molar-refractivity contribution in [1.29, 1.82) is 0 Å². The van der Waals surface area contributed by atoms with Crippen LogP contribution in [0.15, 0.2) is 78.9 Å². The number of carbonyl (C=O) groups excluding carboxylic acids is 2. The third kappa shape index (κ3) is 8.72. The maximum Gasteiger partial charge on any atom is 0.244 e. The molecule has 0 aliphatic rings. The monoisotopic (exact) mass is 585 g/mol. The highest BCUT2D eigenvalue weighted by Gasteiger charge is 2.33. The molecule has 10 heteroatoms. The molecule has 0 bridgehead atoms. The van der Waals surface area contributed by atoms with E-state index in [0.29, 0.717) is 22.9 Å². The van der Waals surface area contributed by atoms with Gasteiger partial charge < -0.3 is 15.0 Å². The normalized spacial score (nSPS) is 12.1. The molecule has 0 fully saturated rings. The van der Waals surface area contributed by atoms with Crippen molar-refractivity contribution in [2.24, 2.45) is 5.92 Å². The quantitative estimate of drug-likeness (QED) is 0.318. The van der Waals surface area contributed by atoms with E-state index in [1.54, 1.807) is 48.5 Å². The molecule has 1 unspecified atom stereocenters. The van der Waals surface area contributed by atoms with Crippen molar-refractivity contribution in [2.75, 3.05) is 30.8 Å². The van der Waals surface area contributed by atoms with Crippen LogP contribution in [-0.2, 0) is 32.6 Å². The number of nitrogens with one attached hydrogen (secondary N) is 1. The zero-order valence-corrected chi connectivity index (χ0v) is 24.8. The maximum absolute atomic E-state index is 14.1.